The second kappa shape index (κ2) is 6.17. The Morgan fingerprint density at radius 1 is 0.708 bits per heavy atom. The monoisotopic (exact) mass is 344 g/mol. The Morgan fingerprint density at radius 2 is 1.21 bits per heavy atom. The lowest BCUT2D eigenvalue weighted by atomic mass is 9.94. The summed E-state index contributed by atoms with van der Waals surface area (Å²) in [5.41, 5.74) is 2.63. The van der Waals surface area contributed by atoms with E-state index in [9.17, 15) is 17.2 Å². The van der Waals surface area contributed by atoms with Crippen molar-refractivity contribution in [3.63, 3.8) is 0 Å². The highest BCUT2D eigenvalue weighted by molar-refractivity contribution is 7.90. The van der Waals surface area contributed by atoms with Gasteiger partial charge in [-0.15, -0.1) is 0 Å². The van der Waals surface area contributed by atoms with Gasteiger partial charge in [-0.1, -0.05) is 36.4 Å². The van der Waals surface area contributed by atoms with Gasteiger partial charge in [-0.05, 0) is 46.5 Å². The number of halogens is 2. The Morgan fingerprint density at radius 3 is 1.71 bits per heavy atom. The third-order valence-electron chi connectivity index (χ3n) is 3.69. The van der Waals surface area contributed by atoms with Crippen molar-refractivity contribution in [2.75, 3.05) is 6.26 Å². The van der Waals surface area contributed by atoms with Gasteiger partial charge < -0.3 is 0 Å². The summed E-state index contributed by atoms with van der Waals surface area (Å²) in [6.45, 7) is 0. The van der Waals surface area contributed by atoms with Crippen molar-refractivity contribution in [2.24, 2.45) is 0 Å². The van der Waals surface area contributed by atoms with Crippen LogP contribution >= 0.6 is 0 Å². The molecule has 0 aliphatic heterocycles. The third-order valence-corrected chi connectivity index (χ3v) is 4.82. The minimum Gasteiger partial charge on any atom is -0.224 e. The van der Waals surface area contributed by atoms with E-state index in [1.165, 1.54) is 24.3 Å². The molecule has 0 heterocycles. The molecule has 0 amide bonds. The molecule has 3 rings (SSSR count). The van der Waals surface area contributed by atoms with Crippen molar-refractivity contribution < 1.29 is 17.2 Å². The Bertz CT molecular complexity index is 974. The Balaban J connectivity index is 2.13. The first kappa shape index (κ1) is 16.3. The lowest BCUT2D eigenvalue weighted by Crippen LogP contribution is -1.96. The van der Waals surface area contributed by atoms with Gasteiger partial charge in [0.05, 0.1) is 4.90 Å². The number of hydrogen-bond donors (Lipinski definition) is 0. The van der Waals surface area contributed by atoms with Gasteiger partial charge in [-0.25, -0.2) is 17.2 Å². The van der Waals surface area contributed by atoms with E-state index in [0.29, 0.717) is 11.1 Å². The minimum atomic E-state index is -3.27. The Hall–Kier alpha value is -2.53. The lowest BCUT2D eigenvalue weighted by Gasteiger charge is -2.11. The van der Waals surface area contributed by atoms with Crippen LogP contribution < -0.4 is 0 Å². The summed E-state index contributed by atoms with van der Waals surface area (Å²) in [5.74, 6) is -1.29. The topological polar surface area (TPSA) is 34.1 Å². The second-order valence-corrected chi connectivity index (χ2v) is 7.52. The van der Waals surface area contributed by atoms with Crippen LogP contribution in [0.15, 0.2) is 71.6 Å². The van der Waals surface area contributed by atoms with Gasteiger partial charge in [-0.2, -0.15) is 0 Å². The molecule has 3 aromatic carbocycles. The van der Waals surface area contributed by atoms with Gasteiger partial charge in [-0.3, -0.25) is 0 Å². The van der Waals surface area contributed by atoms with Crippen molar-refractivity contribution in [3.05, 3.63) is 78.4 Å². The number of rotatable bonds is 3. The molecule has 0 aromatic heterocycles. The maximum Gasteiger partial charge on any atom is 0.175 e. The van der Waals surface area contributed by atoms with Crippen LogP contribution in [0.2, 0.25) is 0 Å². The molecule has 0 bridgehead atoms. The molecule has 0 fully saturated rings. The normalized spacial score (nSPS) is 11.5. The first-order valence-electron chi connectivity index (χ1n) is 7.20. The summed E-state index contributed by atoms with van der Waals surface area (Å²) in [5, 5.41) is 0. The van der Waals surface area contributed by atoms with E-state index in [2.05, 4.69) is 0 Å². The van der Waals surface area contributed by atoms with Crippen LogP contribution in [-0.4, -0.2) is 14.7 Å². The number of sulfone groups is 1. The molecule has 0 spiro atoms. The minimum absolute atomic E-state index is 0.223. The van der Waals surface area contributed by atoms with Crippen LogP contribution in [-0.2, 0) is 9.84 Å². The van der Waals surface area contributed by atoms with E-state index >= 15 is 0 Å². The van der Waals surface area contributed by atoms with Gasteiger partial charge in [0, 0.05) is 12.3 Å². The van der Waals surface area contributed by atoms with Gasteiger partial charge in [0.25, 0.3) is 0 Å². The molecule has 0 aliphatic rings. The third kappa shape index (κ3) is 3.36. The zero-order valence-electron chi connectivity index (χ0n) is 12.8. The standard InChI is InChI=1S/C19H14F2O2S/c1-24(22,23)17-8-6-13(7-9-17)18-4-2-3-5-19(18)14-10-15(20)12-16(21)11-14/h2-12H,1H3. The summed E-state index contributed by atoms with van der Waals surface area (Å²) in [4.78, 5) is 0.223. The Labute approximate surface area is 139 Å². The zero-order chi connectivity index (χ0) is 17.3. The summed E-state index contributed by atoms with van der Waals surface area (Å²) < 4.78 is 50.2. The van der Waals surface area contributed by atoms with Crippen molar-refractivity contribution in [1.82, 2.24) is 0 Å². The van der Waals surface area contributed by atoms with Crippen molar-refractivity contribution >= 4 is 9.84 Å². The van der Waals surface area contributed by atoms with E-state index in [-0.39, 0.29) is 4.90 Å². The van der Waals surface area contributed by atoms with Gasteiger partial charge >= 0.3 is 0 Å². The first-order valence-corrected chi connectivity index (χ1v) is 9.10. The van der Waals surface area contributed by atoms with Gasteiger partial charge in [0.2, 0.25) is 0 Å². The number of benzene rings is 3. The molecule has 3 aromatic rings. The molecule has 0 unspecified atom stereocenters. The lowest BCUT2D eigenvalue weighted by molar-refractivity contribution is 0.584. The largest absolute Gasteiger partial charge is 0.224 e. The highest BCUT2D eigenvalue weighted by Crippen LogP contribution is 2.33. The molecule has 0 N–H and O–H groups in total. The molecule has 0 radical (unpaired) electrons. The maximum atomic E-state index is 13.5. The molecule has 0 atom stereocenters. The first-order chi connectivity index (χ1) is 11.3. The van der Waals surface area contributed by atoms with E-state index in [1.54, 1.807) is 24.3 Å². The molecule has 0 aliphatic carbocycles. The van der Waals surface area contributed by atoms with E-state index in [0.717, 1.165) is 23.4 Å². The maximum absolute atomic E-state index is 13.5. The fourth-order valence-corrected chi connectivity index (χ4v) is 3.21. The summed E-state index contributed by atoms with van der Waals surface area (Å²) in [6.07, 6.45) is 1.14. The van der Waals surface area contributed by atoms with Gasteiger partial charge in [0.15, 0.2) is 9.84 Å². The Kier molecular flexibility index (Phi) is 4.20. The van der Waals surface area contributed by atoms with E-state index in [1.807, 2.05) is 12.1 Å². The van der Waals surface area contributed by atoms with E-state index in [4.69, 9.17) is 0 Å². The average Bonchev–Trinajstić information content (AvgIpc) is 2.53. The second-order valence-electron chi connectivity index (χ2n) is 5.50. The predicted octanol–water partition coefficient (Wildman–Crippen LogP) is 4.70. The molecule has 2 nitrogen and oxygen atoms in total. The fraction of sp³-hybridized carbons (Fsp3) is 0.0526. The van der Waals surface area contributed by atoms with Crippen molar-refractivity contribution in [3.8, 4) is 22.3 Å². The van der Waals surface area contributed by atoms with Crippen molar-refractivity contribution in [1.29, 1.82) is 0 Å². The quantitative estimate of drug-likeness (QED) is 0.690. The van der Waals surface area contributed by atoms with Crippen LogP contribution in [0, 0.1) is 11.6 Å². The van der Waals surface area contributed by atoms with Crippen LogP contribution in [0.25, 0.3) is 22.3 Å². The zero-order valence-corrected chi connectivity index (χ0v) is 13.6. The molecule has 0 saturated heterocycles. The SMILES string of the molecule is CS(=O)(=O)c1ccc(-c2ccccc2-c2cc(F)cc(F)c2)cc1. The van der Waals surface area contributed by atoms with Crippen LogP contribution in [0.5, 0.6) is 0 Å². The molecular formula is C19H14F2O2S. The molecular weight excluding hydrogens is 330 g/mol. The highest BCUT2D eigenvalue weighted by Gasteiger charge is 2.11. The molecule has 5 heteroatoms. The summed E-state index contributed by atoms with van der Waals surface area (Å²) in [7, 11) is -3.27. The van der Waals surface area contributed by atoms with Crippen LogP contribution in [0.4, 0.5) is 8.78 Å². The highest BCUT2D eigenvalue weighted by atomic mass is 32.2. The van der Waals surface area contributed by atoms with Crippen LogP contribution in [0.3, 0.4) is 0 Å². The summed E-state index contributed by atoms with van der Waals surface area (Å²) >= 11 is 0. The van der Waals surface area contributed by atoms with Crippen molar-refractivity contribution in [2.45, 2.75) is 4.90 Å². The van der Waals surface area contributed by atoms with Gasteiger partial charge in [0.1, 0.15) is 11.6 Å². The molecule has 122 valence electrons. The summed E-state index contributed by atoms with van der Waals surface area (Å²) in [6, 6.07) is 17.0. The van der Waals surface area contributed by atoms with Crippen LogP contribution in [0.1, 0.15) is 0 Å². The fourth-order valence-electron chi connectivity index (χ4n) is 2.58. The number of hydrogen-bond acceptors (Lipinski definition) is 2. The van der Waals surface area contributed by atoms with E-state index < -0.39 is 21.5 Å². The molecule has 0 saturated carbocycles. The smallest absolute Gasteiger partial charge is 0.175 e. The molecule has 24 heavy (non-hydrogen) atoms. The predicted molar refractivity (Wildman–Crippen MR) is 90.3 cm³/mol. The average molecular weight is 344 g/mol.